The molecule has 0 spiro atoms. The molecule has 4 heteroatoms. The number of esters is 1. The van der Waals surface area contributed by atoms with Gasteiger partial charge in [-0.05, 0) is 39.3 Å². The Morgan fingerprint density at radius 3 is 2.60 bits per heavy atom. The van der Waals surface area contributed by atoms with Crippen LogP contribution in [0, 0.1) is 6.92 Å². The summed E-state index contributed by atoms with van der Waals surface area (Å²) in [7, 11) is 1.52. The number of ether oxygens (including phenoxy) is 2. The SMILES string of the molecule is C/C=C(\C)C(=O)OCC(C)(OC)c1ccc(C)cc1O. The first-order chi connectivity index (χ1) is 9.34. The first-order valence-electron chi connectivity index (χ1n) is 6.49. The number of methoxy groups -OCH3 is 1. The van der Waals surface area contributed by atoms with Crippen LogP contribution in [0.1, 0.15) is 31.9 Å². The molecule has 1 N–H and O–H groups in total. The lowest BCUT2D eigenvalue weighted by Gasteiger charge is -2.29. The van der Waals surface area contributed by atoms with E-state index in [0.717, 1.165) is 5.56 Å². The van der Waals surface area contributed by atoms with Crippen LogP contribution in [-0.4, -0.2) is 24.8 Å². The number of hydrogen-bond acceptors (Lipinski definition) is 4. The van der Waals surface area contributed by atoms with Gasteiger partial charge < -0.3 is 14.6 Å². The van der Waals surface area contributed by atoms with Crippen molar-refractivity contribution in [1.29, 1.82) is 0 Å². The zero-order chi connectivity index (χ0) is 15.3. The first-order valence-corrected chi connectivity index (χ1v) is 6.49. The molecule has 0 saturated carbocycles. The van der Waals surface area contributed by atoms with E-state index in [1.54, 1.807) is 39.0 Å². The smallest absolute Gasteiger partial charge is 0.333 e. The highest BCUT2D eigenvalue weighted by molar-refractivity contribution is 5.87. The molecule has 0 amide bonds. The topological polar surface area (TPSA) is 55.8 Å². The zero-order valence-electron chi connectivity index (χ0n) is 12.7. The predicted molar refractivity (Wildman–Crippen MR) is 77.6 cm³/mol. The van der Waals surface area contributed by atoms with Crippen molar-refractivity contribution >= 4 is 5.97 Å². The molecular formula is C16H22O4. The fraction of sp³-hybridized carbons (Fsp3) is 0.438. The molecule has 1 unspecified atom stereocenters. The highest BCUT2D eigenvalue weighted by atomic mass is 16.6. The maximum absolute atomic E-state index is 11.7. The van der Waals surface area contributed by atoms with Crippen LogP contribution in [0.2, 0.25) is 0 Å². The number of allylic oxidation sites excluding steroid dienone is 1. The van der Waals surface area contributed by atoms with Crippen molar-refractivity contribution in [3.8, 4) is 5.75 Å². The molecule has 0 saturated heterocycles. The second kappa shape index (κ2) is 6.57. The van der Waals surface area contributed by atoms with Gasteiger partial charge in [-0.3, -0.25) is 0 Å². The Kier molecular flexibility index (Phi) is 5.34. The summed E-state index contributed by atoms with van der Waals surface area (Å²) in [6.45, 7) is 7.16. The van der Waals surface area contributed by atoms with E-state index in [2.05, 4.69) is 0 Å². The minimum absolute atomic E-state index is 0.0319. The average Bonchev–Trinajstić information content (AvgIpc) is 2.43. The predicted octanol–water partition coefficient (Wildman–Crippen LogP) is 3.07. The molecule has 0 fully saturated rings. The van der Waals surface area contributed by atoms with E-state index < -0.39 is 5.60 Å². The highest BCUT2D eigenvalue weighted by Gasteiger charge is 2.31. The summed E-state index contributed by atoms with van der Waals surface area (Å²) >= 11 is 0. The Labute approximate surface area is 120 Å². The molecule has 0 aromatic heterocycles. The lowest BCUT2D eigenvalue weighted by Crippen LogP contribution is -2.32. The normalized spacial score (nSPS) is 14.8. The minimum atomic E-state index is -0.887. The molecule has 1 rings (SSSR count). The lowest BCUT2D eigenvalue weighted by atomic mass is 9.94. The molecular weight excluding hydrogens is 256 g/mol. The molecule has 20 heavy (non-hydrogen) atoms. The van der Waals surface area contributed by atoms with Crippen LogP contribution in [0.15, 0.2) is 29.8 Å². The fourth-order valence-electron chi connectivity index (χ4n) is 1.77. The zero-order valence-corrected chi connectivity index (χ0v) is 12.7. The van der Waals surface area contributed by atoms with Crippen molar-refractivity contribution in [3.05, 3.63) is 41.0 Å². The third kappa shape index (κ3) is 3.61. The van der Waals surface area contributed by atoms with Crippen LogP contribution in [0.4, 0.5) is 0 Å². The van der Waals surface area contributed by atoms with E-state index in [-0.39, 0.29) is 18.3 Å². The van der Waals surface area contributed by atoms with E-state index in [0.29, 0.717) is 11.1 Å². The van der Waals surface area contributed by atoms with Crippen molar-refractivity contribution in [1.82, 2.24) is 0 Å². The maximum atomic E-state index is 11.7. The van der Waals surface area contributed by atoms with Crippen LogP contribution < -0.4 is 0 Å². The summed E-state index contributed by atoms with van der Waals surface area (Å²) in [6.07, 6.45) is 1.69. The third-order valence-electron chi connectivity index (χ3n) is 3.41. The van der Waals surface area contributed by atoms with E-state index in [1.807, 2.05) is 13.0 Å². The van der Waals surface area contributed by atoms with Gasteiger partial charge in [0.2, 0.25) is 0 Å². The number of rotatable bonds is 5. The summed E-state index contributed by atoms with van der Waals surface area (Å²) < 4.78 is 10.7. The standard InChI is InChI=1S/C16H22O4/c1-6-12(3)15(18)20-10-16(4,19-5)13-8-7-11(2)9-14(13)17/h6-9,17H,10H2,1-5H3/b12-6+. The van der Waals surface area contributed by atoms with E-state index >= 15 is 0 Å². The van der Waals surface area contributed by atoms with Crippen molar-refractivity contribution in [2.45, 2.75) is 33.3 Å². The molecule has 0 aliphatic carbocycles. The molecule has 0 aliphatic heterocycles. The van der Waals surface area contributed by atoms with Crippen LogP contribution in [0.5, 0.6) is 5.75 Å². The average molecular weight is 278 g/mol. The Morgan fingerprint density at radius 1 is 1.45 bits per heavy atom. The van der Waals surface area contributed by atoms with Gasteiger partial charge in [0.15, 0.2) is 0 Å². The van der Waals surface area contributed by atoms with E-state index in [9.17, 15) is 9.90 Å². The molecule has 4 nitrogen and oxygen atoms in total. The molecule has 1 aromatic carbocycles. The number of phenolic OH excluding ortho intramolecular Hbond substituents is 1. The second-order valence-corrected chi connectivity index (χ2v) is 5.00. The molecule has 1 atom stereocenters. The summed E-state index contributed by atoms with van der Waals surface area (Å²) in [5.74, 6) is -0.254. The van der Waals surface area contributed by atoms with Gasteiger partial charge in [-0.2, -0.15) is 0 Å². The highest BCUT2D eigenvalue weighted by Crippen LogP contribution is 2.33. The lowest BCUT2D eigenvalue weighted by molar-refractivity contribution is -0.148. The Balaban J connectivity index is 2.94. The van der Waals surface area contributed by atoms with Crippen LogP contribution >= 0.6 is 0 Å². The summed E-state index contributed by atoms with van der Waals surface area (Å²) in [4.78, 5) is 11.7. The van der Waals surface area contributed by atoms with E-state index in [1.165, 1.54) is 7.11 Å². The van der Waals surface area contributed by atoms with Crippen LogP contribution in [0.25, 0.3) is 0 Å². The van der Waals surface area contributed by atoms with Gasteiger partial charge in [-0.15, -0.1) is 0 Å². The summed E-state index contributed by atoms with van der Waals surface area (Å²) in [6, 6.07) is 5.32. The minimum Gasteiger partial charge on any atom is -0.508 e. The van der Waals surface area contributed by atoms with Crippen molar-refractivity contribution in [2.24, 2.45) is 0 Å². The molecule has 0 radical (unpaired) electrons. The Hall–Kier alpha value is -1.81. The van der Waals surface area contributed by atoms with Crippen molar-refractivity contribution in [3.63, 3.8) is 0 Å². The summed E-state index contributed by atoms with van der Waals surface area (Å²) in [5.41, 5.74) is 1.20. The number of hydrogen-bond donors (Lipinski definition) is 1. The van der Waals surface area contributed by atoms with Crippen molar-refractivity contribution < 1.29 is 19.4 Å². The number of aryl methyl sites for hydroxylation is 1. The quantitative estimate of drug-likeness (QED) is 0.664. The van der Waals surface area contributed by atoms with E-state index in [4.69, 9.17) is 9.47 Å². The van der Waals surface area contributed by atoms with Gasteiger partial charge in [0.1, 0.15) is 18.0 Å². The molecule has 110 valence electrons. The molecule has 0 bridgehead atoms. The number of phenols is 1. The second-order valence-electron chi connectivity index (χ2n) is 5.00. The van der Waals surface area contributed by atoms with Crippen LogP contribution in [-0.2, 0) is 19.9 Å². The number of benzene rings is 1. The van der Waals surface area contributed by atoms with Gasteiger partial charge in [0.05, 0.1) is 0 Å². The number of aromatic hydroxyl groups is 1. The first kappa shape index (κ1) is 16.2. The monoisotopic (exact) mass is 278 g/mol. The van der Waals surface area contributed by atoms with Gasteiger partial charge in [-0.25, -0.2) is 4.79 Å². The largest absolute Gasteiger partial charge is 0.508 e. The number of carbonyl (C=O) groups is 1. The molecule has 1 aromatic rings. The third-order valence-corrected chi connectivity index (χ3v) is 3.41. The Bertz CT molecular complexity index is 519. The van der Waals surface area contributed by atoms with Gasteiger partial charge in [0.25, 0.3) is 0 Å². The van der Waals surface area contributed by atoms with Crippen molar-refractivity contribution in [2.75, 3.05) is 13.7 Å². The van der Waals surface area contributed by atoms with Crippen LogP contribution in [0.3, 0.4) is 0 Å². The molecule has 0 heterocycles. The number of carbonyl (C=O) groups excluding carboxylic acids is 1. The molecule has 0 aliphatic rings. The summed E-state index contributed by atoms with van der Waals surface area (Å²) in [5, 5.41) is 10.0. The fourth-order valence-corrected chi connectivity index (χ4v) is 1.77. The maximum Gasteiger partial charge on any atom is 0.333 e. The Morgan fingerprint density at radius 2 is 2.10 bits per heavy atom. The van der Waals surface area contributed by atoms with Gasteiger partial charge >= 0.3 is 5.97 Å². The van der Waals surface area contributed by atoms with Gasteiger partial charge in [-0.1, -0.05) is 18.2 Å². The van der Waals surface area contributed by atoms with Gasteiger partial charge in [0, 0.05) is 18.2 Å².